The van der Waals surface area contributed by atoms with Crippen LogP contribution in [0.2, 0.25) is 5.02 Å². The molecule has 0 unspecified atom stereocenters. The molecule has 17 heavy (non-hydrogen) atoms. The molecule has 1 heterocycles. The van der Waals surface area contributed by atoms with Crippen LogP contribution in [0.4, 0.5) is 8.78 Å². The van der Waals surface area contributed by atoms with Crippen molar-refractivity contribution in [2.45, 2.75) is 0 Å². The maximum atomic E-state index is 13.5. The van der Waals surface area contributed by atoms with Crippen molar-refractivity contribution in [1.82, 2.24) is 0 Å². The maximum absolute atomic E-state index is 13.5. The highest BCUT2D eigenvalue weighted by Crippen LogP contribution is 2.27. The van der Waals surface area contributed by atoms with Crippen molar-refractivity contribution in [1.29, 1.82) is 0 Å². The molecule has 0 N–H and O–H groups in total. The monoisotopic (exact) mass is 336 g/mol. The van der Waals surface area contributed by atoms with Crippen molar-refractivity contribution in [3.63, 3.8) is 0 Å². The SMILES string of the molecule is O=C(c1ccc(Br)s1)c1cc(F)c(Cl)cc1F. The van der Waals surface area contributed by atoms with Gasteiger partial charge in [-0.05, 0) is 40.2 Å². The fourth-order valence-electron chi connectivity index (χ4n) is 1.27. The molecule has 0 atom stereocenters. The number of hydrogen-bond acceptors (Lipinski definition) is 2. The fourth-order valence-corrected chi connectivity index (χ4v) is 2.76. The normalized spacial score (nSPS) is 10.6. The zero-order valence-electron chi connectivity index (χ0n) is 8.14. The van der Waals surface area contributed by atoms with E-state index in [2.05, 4.69) is 15.9 Å². The van der Waals surface area contributed by atoms with Crippen LogP contribution in [0.25, 0.3) is 0 Å². The standard InChI is InChI=1S/C11H4BrClF2OS/c12-10-2-1-9(17-10)11(16)5-3-8(15)6(13)4-7(5)14/h1-4H. The lowest BCUT2D eigenvalue weighted by Gasteiger charge is -2.02. The van der Waals surface area contributed by atoms with E-state index in [9.17, 15) is 13.6 Å². The molecule has 0 amide bonds. The predicted octanol–water partition coefficient (Wildman–Crippen LogP) is 4.67. The van der Waals surface area contributed by atoms with Crippen LogP contribution in [0.3, 0.4) is 0 Å². The van der Waals surface area contributed by atoms with Gasteiger partial charge in [-0.25, -0.2) is 8.78 Å². The summed E-state index contributed by atoms with van der Waals surface area (Å²) in [7, 11) is 0. The number of thiophene rings is 1. The van der Waals surface area contributed by atoms with E-state index in [4.69, 9.17) is 11.6 Å². The van der Waals surface area contributed by atoms with Gasteiger partial charge in [0.05, 0.1) is 19.2 Å². The minimum absolute atomic E-state index is 0.318. The second-order valence-electron chi connectivity index (χ2n) is 3.18. The maximum Gasteiger partial charge on any atom is 0.206 e. The average Bonchev–Trinajstić information content (AvgIpc) is 2.69. The van der Waals surface area contributed by atoms with Crippen LogP contribution in [-0.4, -0.2) is 5.78 Å². The first-order chi connectivity index (χ1) is 7.99. The molecule has 1 aromatic carbocycles. The first-order valence-corrected chi connectivity index (χ1v) is 6.42. The summed E-state index contributed by atoms with van der Waals surface area (Å²) >= 11 is 9.76. The van der Waals surface area contributed by atoms with Gasteiger partial charge in [-0.3, -0.25) is 4.79 Å². The lowest BCUT2D eigenvalue weighted by atomic mass is 10.1. The Kier molecular flexibility index (Phi) is 3.61. The van der Waals surface area contributed by atoms with Crippen molar-refractivity contribution < 1.29 is 13.6 Å². The van der Waals surface area contributed by atoms with Crippen molar-refractivity contribution in [2.24, 2.45) is 0 Å². The lowest BCUT2D eigenvalue weighted by Crippen LogP contribution is -2.03. The second kappa shape index (κ2) is 4.84. The minimum Gasteiger partial charge on any atom is -0.288 e. The highest BCUT2D eigenvalue weighted by Gasteiger charge is 2.18. The lowest BCUT2D eigenvalue weighted by molar-refractivity contribution is 0.103. The van der Waals surface area contributed by atoms with Gasteiger partial charge in [-0.2, -0.15) is 0 Å². The van der Waals surface area contributed by atoms with Gasteiger partial charge in [0, 0.05) is 0 Å². The molecular formula is C11H4BrClF2OS. The third-order valence-electron chi connectivity index (χ3n) is 2.05. The van der Waals surface area contributed by atoms with Crippen molar-refractivity contribution in [3.05, 3.63) is 55.1 Å². The van der Waals surface area contributed by atoms with Crippen LogP contribution in [0.15, 0.2) is 28.1 Å². The van der Waals surface area contributed by atoms with E-state index in [0.29, 0.717) is 4.88 Å². The van der Waals surface area contributed by atoms with Crippen molar-refractivity contribution >= 4 is 44.7 Å². The van der Waals surface area contributed by atoms with Crippen LogP contribution in [0.1, 0.15) is 15.2 Å². The molecule has 2 rings (SSSR count). The summed E-state index contributed by atoms with van der Waals surface area (Å²) in [6, 6.07) is 4.82. The third kappa shape index (κ3) is 2.56. The molecule has 0 radical (unpaired) electrons. The van der Waals surface area contributed by atoms with Gasteiger partial charge in [0.15, 0.2) is 0 Å². The number of hydrogen-bond donors (Lipinski definition) is 0. The summed E-state index contributed by atoms with van der Waals surface area (Å²) in [5.74, 6) is -2.20. The Morgan fingerprint density at radius 1 is 1.24 bits per heavy atom. The fraction of sp³-hybridized carbons (Fsp3) is 0. The van der Waals surface area contributed by atoms with Crippen molar-refractivity contribution in [3.8, 4) is 0 Å². The number of carbonyl (C=O) groups excluding carboxylic acids is 1. The molecule has 0 fully saturated rings. The van der Waals surface area contributed by atoms with Gasteiger partial charge >= 0.3 is 0 Å². The van der Waals surface area contributed by atoms with E-state index < -0.39 is 17.4 Å². The molecule has 0 saturated carbocycles. The molecule has 0 aliphatic heterocycles. The quantitative estimate of drug-likeness (QED) is 0.575. The topological polar surface area (TPSA) is 17.1 Å². The number of carbonyl (C=O) groups is 1. The van der Waals surface area contributed by atoms with Crippen LogP contribution in [-0.2, 0) is 0 Å². The molecule has 6 heteroatoms. The summed E-state index contributed by atoms with van der Waals surface area (Å²) in [5.41, 5.74) is -0.318. The molecular weight excluding hydrogens is 334 g/mol. The van der Waals surface area contributed by atoms with E-state index >= 15 is 0 Å². The van der Waals surface area contributed by atoms with E-state index in [0.717, 1.165) is 27.3 Å². The summed E-state index contributed by atoms with van der Waals surface area (Å²) in [5, 5.41) is -0.341. The van der Waals surface area contributed by atoms with Gasteiger partial charge in [0.1, 0.15) is 11.6 Å². The molecule has 1 aromatic heterocycles. The Labute approximate surface area is 113 Å². The van der Waals surface area contributed by atoms with Crippen LogP contribution in [0, 0.1) is 11.6 Å². The van der Waals surface area contributed by atoms with Gasteiger partial charge < -0.3 is 0 Å². The van der Waals surface area contributed by atoms with E-state index in [-0.39, 0.29) is 10.6 Å². The molecule has 0 saturated heterocycles. The molecule has 0 spiro atoms. The molecule has 2 aromatic rings. The third-order valence-corrected chi connectivity index (χ3v) is 3.96. The average molecular weight is 338 g/mol. The zero-order valence-corrected chi connectivity index (χ0v) is 11.3. The molecule has 0 aliphatic carbocycles. The number of halogens is 4. The molecule has 1 nitrogen and oxygen atoms in total. The van der Waals surface area contributed by atoms with Gasteiger partial charge in [-0.15, -0.1) is 11.3 Å². The van der Waals surface area contributed by atoms with Crippen LogP contribution < -0.4 is 0 Å². The zero-order chi connectivity index (χ0) is 12.6. The Morgan fingerprint density at radius 3 is 2.53 bits per heavy atom. The number of benzene rings is 1. The van der Waals surface area contributed by atoms with Gasteiger partial charge in [-0.1, -0.05) is 11.6 Å². The number of rotatable bonds is 2. The minimum atomic E-state index is -0.828. The predicted molar refractivity (Wildman–Crippen MR) is 66.8 cm³/mol. The second-order valence-corrected chi connectivity index (χ2v) is 6.05. The van der Waals surface area contributed by atoms with Crippen molar-refractivity contribution in [2.75, 3.05) is 0 Å². The Balaban J connectivity index is 2.47. The van der Waals surface area contributed by atoms with Gasteiger partial charge in [0.25, 0.3) is 0 Å². The Hall–Kier alpha value is -0.780. The van der Waals surface area contributed by atoms with Crippen LogP contribution in [0.5, 0.6) is 0 Å². The van der Waals surface area contributed by atoms with Gasteiger partial charge in [0.2, 0.25) is 5.78 Å². The smallest absolute Gasteiger partial charge is 0.206 e. The van der Waals surface area contributed by atoms with E-state index in [1.807, 2.05) is 0 Å². The van der Waals surface area contributed by atoms with E-state index in [1.165, 1.54) is 0 Å². The molecule has 88 valence electrons. The summed E-state index contributed by atoms with van der Waals surface area (Å²) in [6.45, 7) is 0. The highest BCUT2D eigenvalue weighted by atomic mass is 79.9. The first kappa shape index (κ1) is 12.7. The van der Waals surface area contributed by atoms with E-state index in [1.54, 1.807) is 12.1 Å². The summed E-state index contributed by atoms with van der Waals surface area (Å²) < 4.78 is 27.4. The molecule has 0 aliphatic rings. The summed E-state index contributed by atoms with van der Waals surface area (Å²) in [6.07, 6.45) is 0. The number of ketones is 1. The largest absolute Gasteiger partial charge is 0.288 e. The Morgan fingerprint density at radius 2 is 1.94 bits per heavy atom. The molecule has 0 bridgehead atoms. The van der Waals surface area contributed by atoms with Crippen LogP contribution >= 0.6 is 38.9 Å². The Bertz CT molecular complexity index is 597. The first-order valence-electron chi connectivity index (χ1n) is 4.43. The summed E-state index contributed by atoms with van der Waals surface area (Å²) in [4.78, 5) is 12.2. The highest BCUT2D eigenvalue weighted by molar-refractivity contribution is 9.11.